The highest BCUT2D eigenvalue weighted by Gasteiger charge is 2.21. The van der Waals surface area contributed by atoms with Crippen LogP contribution in [-0.4, -0.2) is 21.2 Å². The fraction of sp³-hybridized carbons (Fsp3) is 0.214. The minimum absolute atomic E-state index is 0.613. The average molecular weight is 271 g/mol. The first kappa shape index (κ1) is 11.2. The lowest BCUT2D eigenvalue weighted by Gasteiger charge is -2.09. The first-order valence-corrected chi connectivity index (χ1v) is 7.17. The molecule has 1 unspecified atom stereocenters. The number of imidazole rings is 1. The number of para-hydroxylation sites is 1. The molecular formula is C14H13N3OS. The van der Waals surface area contributed by atoms with Crippen LogP contribution < -0.4 is 5.32 Å². The zero-order chi connectivity index (χ0) is 12.8. The Bertz CT molecular complexity index is 733. The molecule has 0 bridgehead atoms. The largest absolute Gasteiger partial charge is 0.374 e. The third kappa shape index (κ3) is 1.63. The molecule has 1 aliphatic heterocycles. The van der Waals surface area contributed by atoms with Crippen molar-refractivity contribution < 1.29 is 5.11 Å². The van der Waals surface area contributed by atoms with E-state index in [4.69, 9.17) is 4.98 Å². The lowest BCUT2D eigenvalue weighted by atomic mass is 10.1. The van der Waals surface area contributed by atoms with E-state index in [1.165, 1.54) is 4.88 Å². The summed E-state index contributed by atoms with van der Waals surface area (Å²) in [5, 5.41) is 15.3. The van der Waals surface area contributed by atoms with Gasteiger partial charge in [-0.15, -0.1) is 11.3 Å². The summed E-state index contributed by atoms with van der Waals surface area (Å²) in [5.74, 6) is 0.994. The number of benzene rings is 1. The number of aromatic nitrogens is 2. The van der Waals surface area contributed by atoms with E-state index in [1.807, 2.05) is 24.3 Å². The molecule has 0 saturated carbocycles. The Labute approximate surface area is 114 Å². The Morgan fingerprint density at radius 1 is 1.32 bits per heavy atom. The second kappa shape index (κ2) is 4.16. The first-order valence-electron chi connectivity index (χ1n) is 6.29. The summed E-state index contributed by atoms with van der Waals surface area (Å²) in [5.41, 5.74) is 2.90. The van der Waals surface area contributed by atoms with Crippen LogP contribution in [0.3, 0.4) is 0 Å². The van der Waals surface area contributed by atoms with E-state index >= 15 is 0 Å². The van der Waals surface area contributed by atoms with Gasteiger partial charge in [-0.1, -0.05) is 18.2 Å². The second-order valence-electron chi connectivity index (χ2n) is 4.64. The minimum atomic E-state index is -0.613. The summed E-state index contributed by atoms with van der Waals surface area (Å²) in [6.45, 7) is 1.55. The van der Waals surface area contributed by atoms with Crippen molar-refractivity contribution in [3.63, 3.8) is 0 Å². The van der Waals surface area contributed by atoms with Gasteiger partial charge in [0.05, 0.1) is 15.9 Å². The van der Waals surface area contributed by atoms with Gasteiger partial charge in [-0.05, 0) is 17.5 Å². The summed E-state index contributed by atoms with van der Waals surface area (Å²) in [6, 6.07) is 10.0. The van der Waals surface area contributed by atoms with Gasteiger partial charge in [-0.2, -0.15) is 0 Å². The SMILES string of the molecule is OC1NCCn2c(-c3cccs3)nc3cccc1c32. The topological polar surface area (TPSA) is 50.1 Å². The third-order valence-electron chi connectivity index (χ3n) is 3.51. The Balaban J connectivity index is 2.07. The maximum atomic E-state index is 10.1. The van der Waals surface area contributed by atoms with E-state index in [2.05, 4.69) is 21.3 Å². The normalized spacial score (nSPS) is 18.7. The van der Waals surface area contributed by atoms with E-state index in [-0.39, 0.29) is 0 Å². The number of aliphatic hydroxyl groups is 1. The molecule has 4 nitrogen and oxygen atoms in total. The van der Waals surface area contributed by atoms with Crippen molar-refractivity contribution in [2.45, 2.75) is 12.8 Å². The predicted molar refractivity (Wildman–Crippen MR) is 76.0 cm³/mol. The first-order chi connectivity index (χ1) is 9.34. The van der Waals surface area contributed by atoms with Gasteiger partial charge >= 0.3 is 0 Å². The fourth-order valence-corrected chi connectivity index (χ4v) is 3.39. The van der Waals surface area contributed by atoms with Gasteiger partial charge in [0.1, 0.15) is 6.23 Å². The smallest absolute Gasteiger partial charge is 0.151 e. The van der Waals surface area contributed by atoms with Crippen LogP contribution in [-0.2, 0) is 6.54 Å². The van der Waals surface area contributed by atoms with Gasteiger partial charge in [0.25, 0.3) is 0 Å². The van der Waals surface area contributed by atoms with Crippen molar-refractivity contribution in [2.24, 2.45) is 0 Å². The molecule has 1 atom stereocenters. The van der Waals surface area contributed by atoms with E-state index in [9.17, 15) is 5.11 Å². The fourth-order valence-electron chi connectivity index (χ4n) is 2.67. The molecular weight excluding hydrogens is 258 g/mol. The second-order valence-corrected chi connectivity index (χ2v) is 5.58. The van der Waals surface area contributed by atoms with Gasteiger partial charge in [0, 0.05) is 18.7 Å². The molecule has 0 saturated heterocycles. The van der Waals surface area contributed by atoms with Crippen LogP contribution in [0.1, 0.15) is 11.8 Å². The average Bonchev–Trinajstić information content (AvgIpc) is 3.01. The molecule has 0 fully saturated rings. The van der Waals surface area contributed by atoms with Gasteiger partial charge in [-0.25, -0.2) is 4.98 Å². The standard InChI is InChI=1S/C14H13N3OS/c18-14-9-3-1-4-10-12(9)17(7-6-15-14)13(16-10)11-5-2-8-19-11/h1-5,8,14-15,18H,6-7H2. The molecule has 0 aliphatic carbocycles. The van der Waals surface area contributed by atoms with Crippen LogP contribution in [0.5, 0.6) is 0 Å². The van der Waals surface area contributed by atoms with Crippen molar-refractivity contribution in [3.05, 3.63) is 41.3 Å². The predicted octanol–water partition coefficient (Wildman–Crippen LogP) is 2.36. The molecule has 2 aromatic heterocycles. The lowest BCUT2D eigenvalue weighted by Crippen LogP contribution is -2.22. The van der Waals surface area contributed by atoms with Crippen LogP contribution in [0.4, 0.5) is 0 Å². The molecule has 0 spiro atoms. The zero-order valence-electron chi connectivity index (χ0n) is 10.2. The quantitative estimate of drug-likeness (QED) is 0.714. The number of nitrogens with zero attached hydrogens (tertiary/aromatic N) is 2. The Morgan fingerprint density at radius 3 is 3.11 bits per heavy atom. The Hall–Kier alpha value is -1.69. The summed E-state index contributed by atoms with van der Waals surface area (Å²) in [7, 11) is 0. The third-order valence-corrected chi connectivity index (χ3v) is 4.37. The van der Waals surface area contributed by atoms with Crippen LogP contribution >= 0.6 is 11.3 Å². The van der Waals surface area contributed by atoms with Crippen LogP contribution in [0.25, 0.3) is 21.7 Å². The zero-order valence-corrected chi connectivity index (χ0v) is 11.0. The van der Waals surface area contributed by atoms with Crippen molar-refractivity contribution in [2.75, 3.05) is 6.54 Å². The van der Waals surface area contributed by atoms with Crippen molar-refractivity contribution in [3.8, 4) is 10.7 Å². The van der Waals surface area contributed by atoms with E-state index in [1.54, 1.807) is 11.3 Å². The van der Waals surface area contributed by atoms with Gasteiger partial charge in [0.2, 0.25) is 0 Å². The van der Waals surface area contributed by atoms with Crippen LogP contribution in [0, 0.1) is 0 Å². The molecule has 3 heterocycles. The molecule has 4 rings (SSSR count). The summed E-state index contributed by atoms with van der Waals surface area (Å²) < 4.78 is 2.21. The number of thiophene rings is 1. The Kier molecular flexibility index (Phi) is 2.44. The number of hydrogen-bond donors (Lipinski definition) is 2. The van der Waals surface area contributed by atoms with E-state index in [0.29, 0.717) is 0 Å². The number of nitrogens with one attached hydrogen (secondary N) is 1. The molecule has 96 valence electrons. The molecule has 1 aliphatic rings. The lowest BCUT2D eigenvalue weighted by molar-refractivity contribution is 0.142. The molecule has 5 heteroatoms. The molecule has 0 amide bonds. The number of aliphatic hydroxyl groups excluding tert-OH is 1. The Morgan fingerprint density at radius 2 is 2.26 bits per heavy atom. The number of rotatable bonds is 1. The summed E-state index contributed by atoms with van der Waals surface area (Å²) in [6.07, 6.45) is -0.613. The number of hydrogen-bond acceptors (Lipinski definition) is 4. The highest BCUT2D eigenvalue weighted by molar-refractivity contribution is 7.13. The van der Waals surface area contributed by atoms with Crippen LogP contribution in [0.2, 0.25) is 0 Å². The van der Waals surface area contributed by atoms with E-state index < -0.39 is 6.23 Å². The van der Waals surface area contributed by atoms with Gasteiger partial charge < -0.3 is 9.67 Å². The molecule has 0 radical (unpaired) electrons. The maximum absolute atomic E-state index is 10.1. The highest BCUT2D eigenvalue weighted by atomic mass is 32.1. The molecule has 2 N–H and O–H groups in total. The van der Waals surface area contributed by atoms with Crippen LogP contribution in [0.15, 0.2) is 35.7 Å². The summed E-state index contributed by atoms with van der Waals surface area (Å²) >= 11 is 1.69. The summed E-state index contributed by atoms with van der Waals surface area (Å²) in [4.78, 5) is 5.90. The molecule has 19 heavy (non-hydrogen) atoms. The van der Waals surface area contributed by atoms with Crippen molar-refractivity contribution in [1.82, 2.24) is 14.9 Å². The van der Waals surface area contributed by atoms with Crippen molar-refractivity contribution in [1.29, 1.82) is 0 Å². The van der Waals surface area contributed by atoms with Gasteiger partial charge in [0.15, 0.2) is 5.82 Å². The maximum Gasteiger partial charge on any atom is 0.151 e. The molecule has 1 aromatic carbocycles. The van der Waals surface area contributed by atoms with Gasteiger partial charge in [-0.3, -0.25) is 5.32 Å². The monoisotopic (exact) mass is 271 g/mol. The van der Waals surface area contributed by atoms with E-state index in [0.717, 1.165) is 35.5 Å². The minimum Gasteiger partial charge on any atom is -0.374 e. The highest BCUT2D eigenvalue weighted by Crippen LogP contribution is 2.32. The van der Waals surface area contributed by atoms with Crippen molar-refractivity contribution >= 4 is 22.4 Å². The molecule has 3 aromatic rings.